The van der Waals surface area contributed by atoms with Crippen LogP contribution in [0.5, 0.6) is 5.75 Å². The average Bonchev–Trinajstić information content (AvgIpc) is 3.13. The number of carbonyl (C=O) groups excluding carboxylic acids is 1. The van der Waals surface area contributed by atoms with Gasteiger partial charge in [-0.05, 0) is 57.0 Å². The Balaban J connectivity index is 0.00000300. The number of hydrogen-bond donors (Lipinski definition) is 2. The van der Waals surface area contributed by atoms with Crippen molar-refractivity contribution in [1.82, 2.24) is 25.6 Å². The van der Waals surface area contributed by atoms with Crippen molar-refractivity contribution in [2.24, 2.45) is 0 Å². The van der Waals surface area contributed by atoms with Crippen LogP contribution in [-0.4, -0.2) is 41.1 Å². The van der Waals surface area contributed by atoms with Crippen molar-refractivity contribution in [2.75, 3.05) is 20.2 Å². The van der Waals surface area contributed by atoms with Crippen LogP contribution >= 0.6 is 12.4 Å². The van der Waals surface area contributed by atoms with Crippen LogP contribution in [0.3, 0.4) is 0 Å². The van der Waals surface area contributed by atoms with E-state index < -0.39 is 0 Å². The van der Waals surface area contributed by atoms with Crippen LogP contribution in [0.25, 0.3) is 0 Å². The first-order valence-corrected chi connectivity index (χ1v) is 10.2. The molecule has 2 heterocycles. The molecule has 1 saturated heterocycles. The second-order valence-corrected chi connectivity index (χ2v) is 7.39. The first kappa shape index (κ1) is 23.2. The van der Waals surface area contributed by atoms with E-state index >= 15 is 0 Å². The zero-order valence-electron chi connectivity index (χ0n) is 17.5. The quantitative estimate of drug-likeness (QED) is 0.680. The highest BCUT2D eigenvalue weighted by Crippen LogP contribution is 2.24. The van der Waals surface area contributed by atoms with E-state index in [1.165, 1.54) is 0 Å². The van der Waals surface area contributed by atoms with Crippen LogP contribution in [0.1, 0.15) is 72.9 Å². The molecule has 7 nitrogen and oxygen atoms in total. The molecule has 1 aliphatic heterocycles. The fourth-order valence-corrected chi connectivity index (χ4v) is 3.74. The summed E-state index contributed by atoms with van der Waals surface area (Å²) < 4.78 is 7.16. The van der Waals surface area contributed by atoms with E-state index in [0.29, 0.717) is 11.7 Å². The van der Waals surface area contributed by atoms with Crippen molar-refractivity contribution in [3.63, 3.8) is 0 Å². The zero-order valence-corrected chi connectivity index (χ0v) is 18.3. The maximum absolute atomic E-state index is 13.0. The third-order valence-corrected chi connectivity index (χ3v) is 5.47. The van der Waals surface area contributed by atoms with Crippen LogP contribution < -0.4 is 15.4 Å². The number of unbranched alkanes of at least 4 members (excludes halogenated alkanes) is 1. The van der Waals surface area contributed by atoms with E-state index in [1.54, 1.807) is 7.11 Å². The predicted octanol–water partition coefficient (Wildman–Crippen LogP) is 3.60. The Bertz CT molecular complexity index is 772. The number of carbonyl (C=O) groups is 1. The minimum absolute atomic E-state index is 0. The zero-order chi connectivity index (χ0) is 19.9. The lowest BCUT2D eigenvalue weighted by Crippen LogP contribution is -2.31. The van der Waals surface area contributed by atoms with Crippen molar-refractivity contribution in [2.45, 2.75) is 58.0 Å². The third-order valence-electron chi connectivity index (χ3n) is 5.47. The molecule has 1 aromatic carbocycles. The van der Waals surface area contributed by atoms with Crippen molar-refractivity contribution < 1.29 is 9.53 Å². The van der Waals surface area contributed by atoms with E-state index in [0.717, 1.165) is 62.2 Å². The van der Waals surface area contributed by atoms with Gasteiger partial charge in [0.2, 0.25) is 0 Å². The SMILES string of the molecule is CCCCC(NC(=O)c1nnn(C2CCNCC2)c1C)c1ccc(OC)cc1.Cl. The minimum Gasteiger partial charge on any atom is -0.497 e. The van der Waals surface area contributed by atoms with E-state index in [4.69, 9.17) is 4.74 Å². The van der Waals surface area contributed by atoms with Gasteiger partial charge in [0.1, 0.15) is 5.75 Å². The third kappa shape index (κ3) is 5.70. The molecule has 0 bridgehead atoms. The fraction of sp³-hybridized carbons (Fsp3) is 0.571. The summed E-state index contributed by atoms with van der Waals surface area (Å²) in [6.45, 7) is 6.04. The predicted molar refractivity (Wildman–Crippen MR) is 116 cm³/mol. The molecule has 8 heteroatoms. The van der Waals surface area contributed by atoms with Crippen LogP contribution in [0, 0.1) is 6.92 Å². The normalized spacial score (nSPS) is 15.4. The highest BCUT2D eigenvalue weighted by Gasteiger charge is 2.24. The molecular weight excluding hydrogens is 390 g/mol. The van der Waals surface area contributed by atoms with Crippen molar-refractivity contribution in [1.29, 1.82) is 0 Å². The van der Waals surface area contributed by atoms with Gasteiger partial charge in [-0.1, -0.05) is 37.1 Å². The van der Waals surface area contributed by atoms with Gasteiger partial charge in [-0.2, -0.15) is 0 Å². The smallest absolute Gasteiger partial charge is 0.274 e. The molecule has 1 aromatic heterocycles. The van der Waals surface area contributed by atoms with Gasteiger partial charge >= 0.3 is 0 Å². The number of hydrogen-bond acceptors (Lipinski definition) is 5. The molecule has 1 fully saturated rings. The summed E-state index contributed by atoms with van der Waals surface area (Å²) in [5.74, 6) is 0.652. The number of amides is 1. The summed E-state index contributed by atoms with van der Waals surface area (Å²) in [6.07, 6.45) is 5.02. The number of aromatic nitrogens is 3. The molecule has 0 aliphatic carbocycles. The maximum atomic E-state index is 13.0. The maximum Gasteiger partial charge on any atom is 0.274 e. The monoisotopic (exact) mass is 421 g/mol. The van der Waals surface area contributed by atoms with E-state index in [2.05, 4.69) is 27.9 Å². The number of benzene rings is 1. The number of nitrogens with zero attached hydrogens (tertiary/aromatic N) is 3. The lowest BCUT2D eigenvalue weighted by Gasteiger charge is -2.23. The lowest BCUT2D eigenvalue weighted by atomic mass is 10.0. The number of ether oxygens (including phenoxy) is 1. The Kier molecular flexibility index (Phi) is 8.92. The highest BCUT2D eigenvalue weighted by molar-refractivity contribution is 5.93. The molecule has 0 saturated carbocycles. The molecule has 29 heavy (non-hydrogen) atoms. The summed E-state index contributed by atoms with van der Waals surface area (Å²) in [7, 11) is 1.65. The van der Waals surface area contributed by atoms with E-state index in [1.807, 2.05) is 35.9 Å². The largest absolute Gasteiger partial charge is 0.497 e. The molecule has 2 aromatic rings. The molecule has 0 radical (unpaired) electrons. The average molecular weight is 422 g/mol. The Hall–Kier alpha value is -2.12. The van der Waals surface area contributed by atoms with Crippen LogP contribution in [-0.2, 0) is 0 Å². The molecule has 1 atom stereocenters. The molecule has 1 amide bonds. The van der Waals surface area contributed by atoms with Gasteiger partial charge in [0, 0.05) is 0 Å². The van der Waals surface area contributed by atoms with Crippen LogP contribution in [0.15, 0.2) is 24.3 Å². The second kappa shape index (κ2) is 11.2. The number of methoxy groups -OCH3 is 1. The first-order valence-electron chi connectivity index (χ1n) is 10.2. The summed E-state index contributed by atoms with van der Waals surface area (Å²) in [5.41, 5.74) is 2.34. The summed E-state index contributed by atoms with van der Waals surface area (Å²) in [4.78, 5) is 13.0. The van der Waals surface area contributed by atoms with Gasteiger partial charge in [-0.25, -0.2) is 4.68 Å². The van der Waals surface area contributed by atoms with Gasteiger partial charge in [-0.15, -0.1) is 17.5 Å². The summed E-state index contributed by atoms with van der Waals surface area (Å²) >= 11 is 0. The van der Waals surface area contributed by atoms with Gasteiger partial charge < -0.3 is 15.4 Å². The lowest BCUT2D eigenvalue weighted by molar-refractivity contribution is 0.0928. The molecular formula is C21H32ClN5O2. The Morgan fingerprint density at radius 1 is 1.31 bits per heavy atom. The van der Waals surface area contributed by atoms with E-state index in [-0.39, 0.29) is 24.4 Å². The van der Waals surface area contributed by atoms with Crippen molar-refractivity contribution in [3.05, 3.63) is 41.2 Å². The number of nitrogens with one attached hydrogen (secondary N) is 2. The summed E-state index contributed by atoms with van der Waals surface area (Å²) in [6, 6.07) is 8.14. The van der Waals surface area contributed by atoms with Gasteiger partial charge in [-0.3, -0.25) is 4.79 Å². The number of piperidine rings is 1. The molecule has 1 unspecified atom stereocenters. The molecule has 3 rings (SSSR count). The Labute approximate surface area is 179 Å². The topological polar surface area (TPSA) is 81.1 Å². The fourth-order valence-electron chi connectivity index (χ4n) is 3.74. The molecule has 0 spiro atoms. The van der Waals surface area contributed by atoms with Crippen LogP contribution in [0.4, 0.5) is 0 Å². The second-order valence-electron chi connectivity index (χ2n) is 7.39. The Morgan fingerprint density at radius 3 is 2.62 bits per heavy atom. The van der Waals surface area contributed by atoms with E-state index in [9.17, 15) is 4.79 Å². The molecule has 2 N–H and O–H groups in total. The van der Waals surface area contributed by atoms with Gasteiger partial charge in [0.05, 0.1) is 24.9 Å². The number of halogens is 1. The highest BCUT2D eigenvalue weighted by atomic mass is 35.5. The molecule has 1 aliphatic rings. The van der Waals surface area contributed by atoms with Crippen molar-refractivity contribution >= 4 is 18.3 Å². The van der Waals surface area contributed by atoms with Gasteiger partial charge in [0.15, 0.2) is 5.69 Å². The first-order chi connectivity index (χ1) is 13.6. The minimum atomic E-state index is -0.158. The summed E-state index contributed by atoms with van der Waals surface area (Å²) in [5, 5.41) is 15.0. The van der Waals surface area contributed by atoms with Crippen LogP contribution in [0.2, 0.25) is 0 Å². The van der Waals surface area contributed by atoms with Crippen molar-refractivity contribution in [3.8, 4) is 5.75 Å². The van der Waals surface area contributed by atoms with Gasteiger partial charge in [0.25, 0.3) is 5.91 Å². The standard InChI is InChI=1S/C21H31N5O2.ClH/c1-4-5-6-19(16-7-9-18(28-3)10-8-16)23-21(27)20-15(2)26(25-24-20)17-11-13-22-14-12-17;/h7-10,17,19,22H,4-6,11-14H2,1-3H3,(H,23,27);1H. The Morgan fingerprint density at radius 2 is 2.00 bits per heavy atom. The number of rotatable bonds is 8. The molecule has 160 valence electrons.